The lowest BCUT2D eigenvalue weighted by atomic mass is 10.0. The van der Waals surface area contributed by atoms with Gasteiger partial charge in [0.1, 0.15) is 5.82 Å². The molecule has 3 heterocycles. The third-order valence-corrected chi connectivity index (χ3v) is 6.42. The van der Waals surface area contributed by atoms with Gasteiger partial charge in [-0.15, -0.1) is 0 Å². The maximum atomic E-state index is 13.2. The topological polar surface area (TPSA) is 58.6 Å². The Morgan fingerprint density at radius 3 is 2.39 bits per heavy atom. The van der Waals surface area contributed by atoms with E-state index >= 15 is 0 Å². The number of ether oxygens (including phenoxy) is 1. The maximum Gasteiger partial charge on any atom is 0.254 e. The van der Waals surface area contributed by atoms with Crippen LogP contribution in [0.4, 0.5) is 5.82 Å². The summed E-state index contributed by atoms with van der Waals surface area (Å²) in [6, 6.07) is 17.1. The van der Waals surface area contributed by atoms with E-state index in [1.165, 1.54) is 0 Å². The van der Waals surface area contributed by atoms with Crippen LogP contribution in [0.1, 0.15) is 35.5 Å². The summed E-state index contributed by atoms with van der Waals surface area (Å²) >= 11 is 6.01. The summed E-state index contributed by atoms with van der Waals surface area (Å²) in [4.78, 5) is 27.3. The van der Waals surface area contributed by atoms with E-state index in [2.05, 4.69) is 18.7 Å². The van der Waals surface area contributed by atoms with Gasteiger partial charge >= 0.3 is 0 Å². The summed E-state index contributed by atoms with van der Waals surface area (Å²) in [6.07, 6.45) is 0.907. The van der Waals surface area contributed by atoms with Gasteiger partial charge in [-0.3, -0.25) is 4.79 Å². The third-order valence-electron chi connectivity index (χ3n) is 6.17. The molecule has 0 aliphatic carbocycles. The van der Waals surface area contributed by atoms with Crippen molar-refractivity contribution in [1.82, 2.24) is 14.9 Å². The van der Waals surface area contributed by atoms with Gasteiger partial charge in [-0.05, 0) is 38.1 Å². The quantitative estimate of drug-likeness (QED) is 0.569. The lowest BCUT2D eigenvalue weighted by Crippen LogP contribution is -2.47. The highest BCUT2D eigenvalue weighted by molar-refractivity contribution is 6.30. The molecule has 6 nitrogen and oxygen atoms in total. The third kappa shape index (κ3) is 4.59. The maximum absolute atomic E-state index is 13.2. The van der Waals surface area contributed by atoms with E-state index in [0.717, 1.165) is 41.6 Å². The average molecular weight is 463 g/mol. The number of aromatic nitrogens is 2. The van der Waals surface area contributed by atoms with Crippen LogP contribution < -0.4 is 4.90 Å². The Morgan fingerprint density at radius 1 is 1.00 bits per heavy atom. The second kappa shape index (κ2) is 9.12. The molecule has 0 N–H and O–H groups in total. The fourth-order valence-corrected chi connectivity index (χ4v) is 4.80. The van der Waals surface area contributed by atoms with Gasteiger partial charge in [-0.2, -0.15) is 0 Å². The van der Waals surface area contributed by atoms with Gasteiger partial charge in [0.05, 0.1) is 24.4 Å². The van der Waals surface area contributed by atoms with Gasteiger partial charge < -0.3 is 14.5 Å². The summed E-state index contributed by atoms with van der Waals surface area (Å²) in [7, 11) is 0. The molecule has 0 spiro atoms. The van der Waals surface area contributed by atoms with E-state index in [1.807, 2.05) is 35.2 Å². The first-order chi connectivity index (χ1) is 16.0. The number of hydrogen-bond acceptors (Lipinski definition) is 5. The predicted octanol–water partition coefficient (Wildman–Crippen LogP) is 4.61. The smallest absolute Gasteiger partial charge is 0.254 e. The summed E-state index contributed by atoms with van der Waals surface area (Å²) in [5.41, 5.74) is 3.69. The van der Waals surface area contributed by atoms with Crippen LogP contribution in [0.5, 0.6) is 0 Å². The Labute approximate surface area is 199 Å². The molecule has 3 aromatic rings. The van der Waals surface area contributed by atoms with Crippen LogP contribution in [0.3, 0.4) is 0 Å². The average Bonchev–Trinajstić information content (AvgIpc) is 2.83. The van der Waals surface area contributed by atoms with E-state index in [-0.39, 0.29) is 18.1 Å². The van der Waals surface area contributed by atoms with Crippen molar-refractivity contribution in [2.75, 3.05) is 24.5 Å². The SMILES string of the molecule is C[C@@H]1CN(c2nc(-c3ccccc3)nc3c2CN(C(=O)c2ccc(Cl)cc2)CC3)C[C@H](C)O1. The van der Waals surface area contributed by atoms with Crippen LogP contribution in [0.25, 0.3) is 11.4 Å². The number of anilines is 1. The Hall–Kier alpha value is -2.96. The number of carbonyl (C=O) groups excluding carboxylic acids is 1. The molecule has 5 rings (SSSR count). The molecule has 1 aromatic heterocycles. The number of amides is 1. The molecule has 2 aliphatic rings. The van der Waals surface area contributed by atoms with Crippen molar-refractivity contribution >= 4 is 23.3 Å². The second-order valence-electron chi connectivity index (χ2n) is 8.81. The van der Waals surface area contributed by atoms with Crippen molar-refractivity contribution in [2.45, 2.75) is 39.0 Å². The molecule has 7 heteroatoms. The van der Waals surface area contributed by atoms with Crippen LogP contribution in [-0.4, -0.2) is 52.6 Å². The van der Waals surface area contributed by atoms with E-state index < -0.39 is 0 Å². The van der Waals surface area contributed by atoms with E-state index in [9.17, 15) is 4.79 Å². The zero-order valence-corrected chi connectivity index (χ0v) is 19.6. The molecular weight excluding hydrogens is 436 g/mol. The minimum atomic E-state index is -0.000818. The van der Waals surface area contributed by atoms with Crippen LogP contribution >= 0.6 is 11.6 Å². The van der Waals surface area contributed by atoms with Crippen LogP contribution in [0.15, 0.2) is 54.6 Å². The van der Waals surface area contributed by atoms with Crippen molar-refractivity contribution in [2.24, 2.45) is 0 Å². The van der Waals surface area contributed by atoms with Crippen LogP contribution in [0, 0.1) is 0 Å². The van der Waals surface area contributed by atoms with E-state index in [4.69, 9.17) is 26.3 Å². The molecule has 2 aliphatic heterocycles. The lowest BCUT2D eigenvalue weighted by Gasteiger charge is -2.39. The lowest BCUT2D eigenvalue weighted by molar-refractivity contribution is -0.00558. The number of hydrogen-bond donors (Lipinski definition) is 0. The van der Waals surface area contributed by atoms with Gasteiger partial charge in [0.15, 0.2) is 5.82 Å². The van der Waals surface area contributed by atoms with Gasteiger partial charge in [0.2, 0.25) is 0 Å². The number of morpholine rings is 1. The number of halogens is 1. The van der Waals surface area contributed by atoms with Crippen molar-refractivity contribution in [1.29, 1.82) is 0 Å². The Morgan fingerprint density at radius 2 is 1.70 bits per heavy atom. The Kier molecular flexibility index (Phi) is 6.04. The van der Waals surface area contributed by atoms with Gasteiger partial charge in [0.25, 0.3) is 5.91 Å². The monoisotopic (exact) mass is 462 g/mol. The number of rotatable bonds is 3. The minimum Gasteiger partial charge on any atom is -0.372 e. The first-order valence-corrected chi connectivity index (χ1v) is 11.8. The Balaban J connectivity index is 1.53. The molecule has 2 aromatic carbocycles. The van der Waals surface area contributed by atoms with E-state index in [0.29, 0.717) is 30.1 Å². The first-order valence-electron chi connectivity index (χ1n) is 11.4. The Bertz CT molecular complexity index is 1140. The number of fused-ring (bicyclic) bond motifs is 1. The van der Waals surface area contributed by atoms with Crippen LogP contribution in [0.2, 0.25) is 5.02 Å². The van der Waals surface area contributed by atoms with Crippen molar-refractivity contribution in [3.63, 3.8) is 0 Å². The predicted molar refractivity (Wildman–Crippen MR) is 130 cm³/mol. The highest BCUT2D eigenvalue weighted by Gasteiger charge is 2.31. The van der Waals surface area contributed by atoms with Crippen molar-refractivity contribution in [3.8, 4) is 11.4 Å². The molecular formula is C26H27ClN4O2. The second-order valence-corrected chi connectivity index (χ2v) is 9.24. The van der Waals surface area contributed by atoms with Crippen molar-refractivity contribution in [3.05, 3.63) is 76.4 Å². The summed E-state index contributed by atoms with van der Waals surface area (Å²) in [5, 5.41) is 0.621. The fourth-order valence-electron chi connectivity index (χ4n) is 4.67. The largest absolute Gasteiger partial charge is 0.372 e. The summed E-state index contributed by atoms with van der Waals surface area (Å²) < 4.78 is 5.96. The molecule has 0 radical (unpaired) electrons. The van der Waals surface area contributed by atoms with Crippen LogP contribution in [-0.2, 0) is 17.7 Å². The summed E-state index contributed by atoms with van der Waals surface area (Å²) in [6.45, 7) is 6.80. The normalized spacial score (nSPS) is 20.5. The number of nitrogens with zero attached hydrogens (tertiary/aromatic N) is 4. The van der Waals surface area contributed by atoms with Gasteiger partial charge in [-0.25, -0.2) is 9.97 Å². The van der Waals surface area contributed by atoms with Gasteiger partial charge in [0, 0.05) is 47.8 Å². The minimum absolute atomic E-state index is 0.000818. The summed E-state index contributed by atoms with van der Waals surface area (Å²) in [5.74, 6) is 1.64. The molecule has 1 fully saturated rings. The highest BCUT2D eigenvalue weighted by Crippen LogP contribution is 2.32. The number of carbonyl (C=O) groups is 1. The fraction of sp³-hybridized carbons (Fsp3) is 0.346. The molecule has 1 amide bonds. The molecule has 0 unspecified atom stereocenters. The van der Waals surface area contributed by atoms with Gasteiger partial charge in [-0.1, -0.05) is 41.9 Å². The zero-order valence-electron chi connectivity index (χ0n) is 18.9. The molecule has 0 bridgehead atoms. The number of benzene rings is 2. The zero-order chi connectivity index (χ0) is 22.9. The molecule has 0 saturated carbocycles. The molecule has 2 atom stereocenters. The molecule has 1 saturated heterocycles. The molecule has 170 valence electrons. The molecule has 33 heavy (non-hydrogen) atoms. The standard InChI is InChI=1S/C26H27ClN4O2/c1-17-14-31(15-18(2)33-17)25-22-16-30(26(32)20-8-10-21(27)11-9-20)13-12-23(22)28-24(29-25)19-6-4-3-5-7-19/h3-11,17-18H,12-16H2,1-2H3/t17-,18+. The van der Waals surface area contributed by atoms with Crippen molar-refractivity contribution < 1.29 is 9.53 Å². The highest BCUT2D eigenvalue weighted by atomic mass is 35.5. The van der Waals surface area contributed by atoms with E-state index in [1.54, 1.807) is 24.3 Å². The first kappa shape index (κ1) is 21.9.